The molecule has 0 unspecified atom stereocenters. The monoisotopic (exact) mass is 278 g/mol. The molecule has 0 bridgehead atoms. The summed E-state index contributed by atoms with van der Waals surface area (Å²) < 4.78 is 29.0. The first-order valence-corrected chi connectivity index (χ1v) is 4.97. The van der Waals surface area contributed by atoms with E-state index in [0.29, 0.717) is 15.6 Å². The molecule has 5 heteroatoms. The number of carbonyl (C=O) groups is 1. The third-order valence-electron chi connectivity index (χ3n) is 1.92. The van der Waals surface area contributed by atoms with Crippen LogP contribution in [0, 0.1) is 6.92 Å². The third-order valence-corrected chi connectivity index (χ3v) is 2.74. The van der Waals surface area contributed by atoms with Crippen LogP contribution >= 0.6 is 15.9 Å². The van der Waals surface area contributed by atoms with E-state index in [1.165, 1.54) is 13.0 Å². The number of hydrogen-bond donors (Lipinski definition) is 0. The lowest BCUT2D eigenvalue weighted by atomic mass is 10.1. The van der Waals surface area contributed by atoms with Crippen molar-refractivity contribution in [3.05, 3.63) is 27.7 Å². The third kappa shape index (κ3) is 2.99. The van der Waals surface area contributed by atoms with E-state index in [1.807, 2.05) is 0 Å². The van der Waals surface area contributed by atoms with Gasteiger partial charge in [0.25, 0.3) is 0 Å². The van der Waals surface area contributed by atoms with Crippen LogP contribution in [-0.4, -0.2) is 12.4 Å². The summed E-state index contributed by atoms with van der Waals surface area (Å²) in [6.45, 7) is 0.104. The Morgan fingerprint density at radius 2 is 2.07 bits per heavy atom. The van der Waals surface area contributed by atoms with E-state index in [9.17, 15) is 13.6 Å². The molecule has 0 amide bonds. The molecular weight excluding hydrogens is 270 g/mol. The van der Waals surface area contributed by atoms with E-state index in [-0.39, 0.29) is 11.5 Å². The molecule has 0 aliphatic rings. The van der Waals surface area contributed by atoms with Gasteiger partial charge < -0.3 is 4.74 Å². The van der Waals surface area contributed by atoms with Crippen molar-refractivity contribution in [2.24, 2.45) is 0 Å². The van der Waals surface area contributed by atoms with E-state index >= 15 is 0 Å². The van der Waals surface area contributed by atoms with Gasteiger partial charge in [0.1, 0.15) is 5.75 Å². The summed E-state index contributed by atoms with van der Waals surface area (Å²) in [6, 6.07) is 2.89. The van der Waals surface area contributed by atoms with Gasteiger partial charge in [0.15, 0.2) is 5.78 Å². The lowest BCUT2D eigenvalue weighted by Crippen LogP contribution is -2.05. The number of Topliss-reactive ketones (excluding diaryl/α,β-unsaturated/α-hetero) is 1. The average Bonchev–Trinajstić information content (AvgIpc) is 2.11. The Bertz CT molecular complexity index is 391. The van der Waals surface area contributed by atoms with Crippen LogP contribution in [0.15, 0.2) is 16.6 Å². The van der Waals surface area contributed by atoms with Crippen LogP contribution in [0.1, 0.15) is 22.8 Å². The highest BCUT2D eigenvalue weighted by molar-refractivity contribution is 9.10. The standard InChI is InChI=1S/C10H9BrF2O2/c1-5-8(11)3-7(6(2)14)4-9(5)15-10(12)13/h3-4,10H,1-2H3. The SMILES string of the molecule is CC(=O)c1cc(Br)c(C)c(OC(F)F)c1. The normalized spacial score (nSPS) is 10.5. The van der Waals surface area contributed by atoms with Gasteiger partial charge in [-0.15, -0.1) is 0 Å². The van der Waals surface area contributed by atoms with Gasteiger partial charge >= 0.3 is 6.61 Å². The lowest BCUT2D eigenvalue weighted by molar-refractivity contribution is -0.0503. The smallest absolute Gasteiger partial charge is 0.387 e. The molecule has 0 heterocycles. The first kappa shape index (κ1) is 12.1. The molecule has 0 saturated heterocycles. The van der Waals surface area contributed by atoms with Crippen molar-refractivity contribution in [1.29, 1.82) is 0 Å². The van der Waals surface area contributed by atoms with Gasteiger partial charge in [-0.3, -0.25) is 4.79 Å². The van der Waals surface area contributed by atoms with E-state index in [0.717, 1.165) is 0 Å². The molecule has 1 aromatic rings. The molecule has 15 heavy (non-hydrogen) atoms. The molecule has 0 N–H and O–H groups in total. The van der Waals surface area contributed by atoms with Crippen LogP contribution < -0.4 is 4.74 Å². The number of halogens is 3. The number of alkyl halides is 2. The molecule has 0 fully saturated rings. The molecule has 0 spiro atoms. The molecule has 0 atom stereocenters. The summed E-state index contributed by atoms with van der Waals surface area (Å²) >= 11 is 3.18. The largest absolute Gasteiger partial charge is 0.434 e. The van der Waals surface area contributed by atoms with Crippen molar-refractivity contribution in [2.75, 3.05) is 0 Å². The average molecular weight is 279 g/mol. The number of ketones is 1. The van der Waals surface area contributed by atoms with Gasteiger partial charge in [-0.05, 0) is 26.0 Å². The van der Waals surface area contributed by atoms with Crippen molar-refractivity contribution in [1.82, 2.24) is 0 Å². The Hall–Kier alpha value is -0.970. The fourth-order valence-electron chi connectivity index (χ4n) is 1.08. The van der Waals surface area contributed by atoms with Crippen molar-refractivity contribution in [2.45, 2.75) is 20.5 Å². The summed E-state index contributed by atoms with van der Waals surface area (Å²) in [7, 11) is 0. The minimum Gasteiger partial charge on any atom is -0.434 e. The van der Waals surface area contributed by atoms with Gasteiger partial charge in [0.05, 0.1) is 0 Å². The van der Waals surface area contributed by atoms with Crippen LogP contribution in [0.3, 0.4) is 0 Å². The summed E-state index contributed by atoms with van der Waals surface area (Å²) in [5.41, 5.74) is 0.878. The Balaban J connectivity index is 3.19. The Morgan fingerprint density at radius 1 is 1.47 bits per heavy atom. The molecule has 0 aliphatic heterocycles. The van der Waals surface area contributed by atoms with Crippen LogP contribution in [0.25, 0.3) is 0 Å². The lowest BCUT2D eigenvalue weighted by Gasteiger charge is -2.10. The van der Waals surface area contributed by atoms with Crippen LogP contribution in [-0.2, 0) is 0 Å². The second-order valence-electron chi connectivity index (χ2n) is 3.02. The zero-order chi connectivity index (χ0) is 11.6. The van der Waals surface area contributed by atoms with E-state index in [1.54, 1.807) is 13.0 Å². The molecule has 0 aromatic heterocycles. The molecule has 0 radical (unpaired) electrons. The molecule has 1 aromatic carbocycles. The molecule has 1 rings (SSSR count). The highest BCUT2D eigenvalue weighted by atomic mass is 79.9. The van der Waals surface area contributed by atoms with Gasteiger partial charge in [-0.1, -0.05) is 15.9 Å². The van der Waals surface area contributed by atoms with Gasteiger partial charge in [0.2, 0.25) is 0 Å². The second-order valence-corrected chi connectivity index (χ2v) is 3.87. The summed E-state index contributed by atoms with van der Waals surface area (Å²) in [4.78, 5) is 11.1. The van der Waals surface area contributed by atoms with Crippen LogP contribution in [0.5, 0.6) is 5.75 Å². The molecular formula is C10H9BrF2O2. The van der Waals surface area contributed by atoms with Crippen molar-refractivity contribution >= 4 is 21.7 Å². The van der Waals surface area contributed by atoms with Gasteiger partial charge in [-0.2, -0.15) is 8.78 Å². The quantitative estimate of drug-likeness (QED) is 0.791. The number of rotatable bonds is 3. The number of hydrogen-bond acceptors (Lipinski definition) is 2. The Kier molecular flexibility index (Phi) is 3.79. The maximum Gasteiger partial charge on any atom is 0.387 e. The Morgan fingerprint density at radius 3 is 2.53 bits per heavy atom. The molecule has 2 nitrogen and oxygen atoms in total. The minimum absolute atomic E-state index is 0.0181. The number of ether oxygens (including phenoxy) is 1. The van der Waals surface area contributed by atoms with Crippen LogP contribution in [0.2, 0.25) is 0 Å². The summed E-state index contributed by atoms with van der Waals surface area (Å²) in [6.07, 6.45) is 0. The van der Waals surface area contributed by atoms with Crippen LogP contribution in [0.4, 0.5) is 8.78 Å². The fourth-order valence-corrected chi connectivity index (χ4v) is 1.52. The topological polar surface area (TPSA) is 26.3 Å². The first-order valence-electron chi connectivity index (χ1n) is 4.17. The fraction of sp³-hybridized carbons (Fsp3) is 0.300. The molecule has 82 valence electrons. The predicted molar refractivity (Wildman–Crippen MR) is 55.5 cm³/mol. The zero-order valence-corrected chi connectivity index (χ0v) is 9.77. The predicted octanol–water partition coefficient (Wildman–Crippen LogP) is 3.56. The first-order chi connectivity index (χ1) is 6.91. The highest BCUT2D eigenvalue weighted by Crippen LogP contribution is 2.29. The molecule has 0 aliphatic carbocycles. The maximum atomic E-state index is 12.0. The van der Waals surface area contributed by atoms with E-state index < -0.39 is 6.61 Å². The summed E-state index contributed by atoms with van der Waals surface area (Å²) in [5, 5.41) is 0. The molecule has 0 saturated carbocycles. The maximum absolute atomic E-state index is 12.0. The summed E-state index contributed by atoms with van der Waals surface area (Å²) in [5.74, 6) is -0.181. The Labute approximate surface area is 94.4 Å². The van der Waals surface area contributed by atoms with Gasteiger partial charge in [0, 0.05) is 15.6 Å². The van der Waals surface area contributed by atoms with E-state index in [2.05, 4.69) is 20.7 Å². The van der Waals surface area contributed by atoms with E-state index in [4.69, 9.17) is 0 Å². The number of carbonyl (C=O) groups excluding carboxylic acids is 1. The zero-order valence-electron chi connectivity index (χ0n) is 8.18. The van der Waals surface area contributed by atoms with Gasteiger partial charge in [-0.25, -0.2) is 0 Å². The second kappa shape index (κ2) is 4.70. The highest BCUT2D eigenvalue weighted by Gasteiger charge is 2.12. The number of benzene rings is 1. The van der Waals surface area contributed by atoms with Crippen molar-refractivity contribution < 1.29 is 18.3 Å². The van der Waals surface area contributed by atoms with Crippen molar-refractivity contribution in [3.63, 3.8) is 0 Å². The minimum atomic E-state index is -2.89. The van der Waals surface area contributed by atoms with Crippen molar-refractivity contribution in [3.8, 4) is 5.75 Å².